The number of likely N-dealkylation sites (N-methyl/N-ethyl adjacent to an activating group) is 1. The number of carbonyl (C=O) groups is 3. The third-order valence-electron chi connectivity index (χ3n) is 6.41. The highest BCUT2D eigenvalue weighted by molar-refractivity contribution is 5.92. The van der Waals surface area contributed by atoms with Crippen molar-refractivity contribution in [2.75, 3.05) is 33.2 Å². The summed E-state index contributed by atoms with van der Waals surface area (Å²) in [5, 5.41) is 9.92. The summed E-state index contributed by atoms with van der Waals surface area (Å²) < 4.78 is 38.9. The van der Waals surface area contributed by atoms with Crippen molar-refractivity contribution in [3.05, 3.63) is 35.6 Å². The summed E-state index contributed by atoms with van der Waals surface area (Å²) in [7, 11) is 3.58. The molecule has 1 spiro atoms. The predicted octanol–water partition coefficient (Wildman–Crippen LogP) is 1.68. The third-order valence-corrected chi connectivity index (χ3v) is 6.41. The number of aliphatic carboxylic acids is 1. The van der Waals surface area contributed by atoms with Crippen molar-refractivity contribution < 1.29 is 37.1 Å². The number of carboxylic acids is 1. The number of oxazole rings is 1. The lowest BCUT2D eigenvalue weighted by atomic mass is 10.0. The summed E-state index contributed by atoms with van der Waals surface area (Å²) in [6, 6.07) is -0.486. The van der Waals surface area contributed by atoms with Gasteiger partial charge in [-0.1, -0.05) is 0 Å². The van der Waals surface area contributed by atoms with E-state index < -0.39 is 18.2 Å². The number of rotatable bonds is 4. The van der Waals surface area contributed by atoms with Crippen molar-refractivity contribution in [2.24, 2.45) is 12.5 Å². The molecule has 1 aliphatic carbocycles. The molecule has 2 aromatic rings. The number of alkyl halides is 3. The Kier molecular flexibility index (Phi) is 7.76. The van der Waals surface area contributed by atoms with Gasteiger partial charge in [0.1, 0.15) is 18.1 Å². The van der Waals surface area contributed by atoms with Crippen LogP contribution in [0.3, 0.4) is 0 Å². The highest BCUT2D eigenvalue weighted by Gasteiger charge is 2.50. The molecular weight excluding hydrogens is 485 g/mol. The van der Waals surface area contributed by atoms with Gasteiger partial charge in [0.15, 0.2) is 11.6 Å². The summed E-state index contributed by atoms with van der Waals surface area (Å²) in [4.78, 5) is 47.5. The van der Waals surface area contributed by atoms with Gasteiger partial charge in [0.2, 0.25) is 5.91 Å². The molecule has 1 unspecified atom stereocenters. The molecule has 3 heterocycles. The lowest BCUT2D eigenvalue weighted by Gasteiger charge is -2.30. The molecule has 0 radical (unpaired) electrons. The van der Waals surface area contributed by atoms with Crippen LogP contribution >= 0.6 is 0 Å². The van der Waals surface area contributed by atoms with Crippen molar-refractivity contribution in [3.63, 3.8) is 0 Å². The van der Waals surface area contributed by atoms with Crippen LogP contribution in [-0.2, 0) is 16.6 Å². The molecule has 4 rings (SSSR count). The predicted molar refractivity (Wildman–Crippen MR) is 119 cm³/mol. The zero-order chi connectivity index (χ0) is 26.8. The number of aromatic nitrogens is 3. The molecule has 2 fully saturated rings. The SMILES string of the molecule is CNC(=O)C(c1ncc(C)n1C)N1CCN(C(=O)c2coc(C)n2)CC2(CC2)C1.O=C(O)C(F)(F)F. The number of aryl methyl sites for hydroxylation is 2. The molecule has 1 saturated heterocycles. The van der Waals surface area contributed by atoms with Crippen molar-refractivity contribution in [3.8, 4) is 0 Å². The molecule has 36 heavy (non-hydrogen) atoms. The van der Waals surface area contributed by atoms with E-state index in [2.05, 4.69) is 20.2 Å². The number of halogens is 3. The Morgan fingerprint density at radius 1 is 1.19 bits per heavy atom. The lowest BCUT2D eigenvalue weighted by Crippen LogP contribution is -2.43. The average Bonchev–Trinajstić information content (AvgIpc) is 3.38. The quantitative estimate of drug-likeness (QED) is 0.630. The first kappa shape index (κ1) is 27.2. The van der Waals surface area contributed by atoms with Crippen LogP contribution in [0.15, 0.2) is 16.9 Å². The third kappa shape index (κ3) is 6.04. The Hall–Kier alpha value is -3.42. The molecule has 1 aliphatic heterocycles. The fourth-order valence-electron chi connectivity index (χ4n) is 4.15. The van der Waals surface area contributed by atoms with Gasteiger partial charge in [0.25, 0.3) is 5.91 Å². The van der Waals surface area contributed by atoms with Crippen LogP contribution in [-0.4, -0.2) is 86.6 Å². The average molecular weight is 515 g/mol. The Bertz CT molecular complexity index is 1120. The molecule has 1 saturated carbocycles. The van der Waals surface area contributed by atoms with Gasteiger partial charge < -0.3 is 24.3 Å². The van der Waals surface area contributed by atoms with E-state index in [0.717, 1.165) is 30.9 Å². The first-order valence-corrected chi connectivity index (χ1v) is 11.2. The number of hydrogen-bond acceptors (Lipinski definition) is 7. The van der Waals surface area contributed by atoms with Crippen molar-refractivity contribution >= 4 is 17.8 Å². The van der Waals surface area contributed by atoms with E-state index in [-0.39, 0.29) is 17.2 Å². The van der Waals surface area contributed by atoms with E-state index in [9.17, 15) is 22.8 Å². The number of imidazole rings is 1. The van der Waals surface area contributed by atoms with Crippen molar-refractivity contribution in [1.82, 2.24) is 29.7 Å². The molecule has 0 aromatic carbocycles. The van der Waals surface area contributed by atoms with Crippen LogP contribution in [0.2, 0.25) is 0 Å². The monoisotopic (exact) mass is 514 g/mol. The molecule has 2 N–H and O–H groups in total. The molecule has 1 atom stereocenters. The van der Waals surface area contributed by atoms with Crippen LogP contribution in [0.4, 0.5) is 13.2 Å². The molecule has 198 valence electrons. The summed E-state index contributed by atoms with van der Waals surface area (Å²) in [5.41, 5.74) is 1.37. The summed E-state index contributed by atoms with van der Waals surface area (Å²) in [6.45, 7) is 6.26. The Morgan fingerprint density at radius 2 is 1.83 bits per heavy atom. The molecule has 14 heteroatoms. The smallest absolute Gasteiger partial charge is 0.475 e. The summed E-state index contributed by atoms with van der Waals surface area (Å²) in [6.07, 6.45) is 0.221. The van der Waals surface area contributed by atoms with Gasteiger partial charge in [-0.15, -0.1) is 0 Å². The fourth-order valence-corrected chi connectivity index (χ4v) is 4.15. The Morgan fingerprint density at radius 3 is 2.28 bits per heavy atom. The van der Waals surface area contributed by atoms with E-state index in [0.29, 0.717) is 31.2 Å². The number of hydrogen-bond donors (Lipinski definition) is 2. The fraction of sp³-hybridized carbons (Fsp3) is 0.591. The van der Waals surface area contributed by atoms with Gasteiger partial charge in [-0.3, -0.25) is 14.5 Å². The van der Waals surface area contributed by atoms with Gasteiger partial charge >= 0.3 is 12.1 Å². The number of amides is 2. The van der Waals surface area contributed by atoms with Gasteiger partial charge in [0.05, 0.1) is 0 Å². The maximum absolute atomic E-state index is 13.0. The first-order chi connectivity index (χ1) is 16.8. The second-order valence-electron chi connectivity index (χ2n) is 9.09. The van der Waals surface area contributed by atoms with E-state index in [1.165, 1.54) is 6.26 Å². The van der Waals surface area contributed by atoms with Crippen LogP contribution < -0.4 is 5.32 Å². The van der Waals surface area contributed by atoms with Gasteiger partial charge in [-0.25, -0.2) is 14.8 Å². The summed E-state index contributed by atoms with van der Waals surface area (Å²) >= 11 is 0. The van der Waals surface area contributed by atoms with Crippen LogP contribution in [0.25, 0.3) is 0 Å². The van der Waals surface area contributed by atoms with Crippen LogP contribution in [0.1, 0.15) is 46.8 Å². The molecule has 2 aliphatic rings. The van der Waals surface area contributed by atoms with Gasteiger partial charge in [0, 0.05) is 64.5 Å². The van der Waals surface area contributed by atoms with E-state index in [4.69, 9.17) is 14.3 Å². The number of nitrogens with zero attached hydrogens (tertiary/aromatic N) is 5. The lowest BCUT2D eigenvalue weighted by molar-refractivity contribution is -0.192. The number of carboxylic acid groups (broad SMARTS) is 1. The zero-order valence-corrected chi connectivity index (χ0v) is 20.4. The second kappa shape index (κ2) is 10.3. The topological polar surface area (TPSA) is 134 Å². The van der Waals surface area contributed by atoms with Crippen molar-refractivity contribution in [2.45, 2.75) is 38.9 Å². The van der Waals surface area contributed by atoms with E-state index >= 15 is 0 Å². The molecule has 11 nitrogen and oxygen atoms in total. The standard InChI is InChI=1S/C20H28N6O3.C2HF3O2/c1-13-9-22-17(24(13)4)16(18(27)21-3)25-7-8-26(12-20(11-25)5-6-20)19(28)15-10-29-14(2)23-15;3-2(4,5)1(6)7/h9-10,16H,5-8,11-12H2,1-4H3,(H,21,27);(H,6,7). The molecule has 0 bridgehead atoms. The number of nitrogens with one attached hydrogen (secondary N) is 1. The minimum absolute atomic E-state index is 0.0252. The summed E-state index contributed by atoms with van der Waals surface area (Å²) in [5.74, 6) is -1.74. The zero-order valence-electron chi connectivity index (χ0n) is 20.4. The highest BCUT2D eigenvalue weighted by atomic mass is 19.4. The largest absolute Gasteiger partial charge is 0.490 e. The molecule has 2 amide bonds. The van der Waals surface area contributed by atoms with Gasteiger partial charge in [-0.05, 0) is 19.8 Å². The van der Waals surface area contributed by atoms with Crippen molar-refractivity contribution in [1.29, 1.82) is 0 Å². The van der Waals surface area contributed by atoms with Crippen LogP contribution in [0.5, 0.6) is 0 Å². The Balaban J connectivity index is 0.000000454. The van der Waals surface area contributed by atoms with Crippen LogP contribution in [0, 0.1) is 19.3 Å². The van der Waals surface area contributed by atoms with E-state index in [1.54, 1.807) is 20.2 Å². The second-order valence-corrected chi connectivity index (χ2v) is 9.09. The molecule has 2 aromatic heterocycles. The van der Waals surface area contributed by atoms with E-state index in [1.807, 2.05) is 23.4 Å². The normalized spacial score (nSPS) is 18.1. The first-order valence-electron chi connectivity index (χ1n) is 11.2. The minimum Gasteiger partial charge on any atom is -0.475 e. The highest BCUT2D eigenvalue weighted by Crippen LogP contribution is 2.49. The number of carbonyl (C=O) groups excluding carboxylic acids is 2. The molecular formula is C22H29F3N6O5. The Labute approximate surface area is 205 Å². The maximum Gasteiger partial charge on any atom is 0.490 e. The maximum atomic E-state index is 13.0. The minimum atomic E-state index is -5.08. The van der Waals surface area contributed by atoms with Gasteiger partial charge in [-0.2, -0.15) is 13.2 Å².